The number of carbonyl (C=O) groups excluding carboxylic acids is 2. The number of benzene rings is 2. The first-order valence-electron chi connectivity index (χ1n) is 7.92. The van der Waals surface area contributed by atoms with Crippen LogP contribution in [0.25, 0.3) is 0 Å². The largest absolute Gasteiger partial charge is 0.345 e. The van der Waals surface area contributed by atoms with E-state index in [1.165, 1.54) is 10.5 Å². The molecule has 0 aliphatic rings. The fraction of sp³-hybridized carbons (Fsp3) is 0.300. The molecule has 0 spiro atoms. The Morgan fingerprint density at radius 1 is 0.833 bits per heavy atom. The van der Waals surface area contributed by atoms with Crippen LogP contribution in [0, 0.1) is 0 Å². The Morgan fingerprint density at radius 2 is 1.33 bits per heavy atom. The van der Waals surface area contributed by atoms with Crippen LogP contribution >= 0.6 is 0 Å². The van der Waals surface area contributed by atoms with Crippen molar-refractivity contribution < 1.29 is 9.59 Å². The van der Waals surface area contributed by atoms with Crippen LogP contribution in [0.3, 0.4) is 0 Å². The number of hydrogen-bond donors (Lipinski definition) is 1. The molecule has 0 radical (unpaired) electrons. The van der Waals surface area contributed by atoms with E-state index in [-0.39, 0.29) is 17.2 Å². The predicted molar refractivity (Wildman–Crippen MR) is 97.6 cm³/mol. The van der Waals surface area contributed by atoms with Crippen molar-refractivity contribution in [2.75, 3.05) is 19.4 Å². The SMILES string of the molecule is CN(C)C(=O)c1ccc(NC(=O)c2ccc(C(C)(C)C)cc2)cc1. The van der Waals surface area contributed by atoms with E-state index in [0.717, 1.165) is 0 Å². The lowest BCUT2D eigenvalue weighted by Gasteiger charge is -2.19. The maximum Gasteiger partial charge on any atom is 0.255 e. The predicted octanol–water partition coefficient (Wildman–Crippen LogP) is 3.94. The number of anilines is 1. The molecular weight excluding hydrogens is 300 g/mol. The topological polar surface area (TPSA) is 49.4 Å². The highest BCUT2D eigenvalue weighted by Gasteiger charge is 2.14. The van der Waals surface area contributed by atoms with E-state index in [2.05, 4.69) is 26.1 Å². The van der Waals surface area contributed by atoms with Crippen molar-refractivity contribution in [3.63, 3.8) is 0 Å². The van der Waals surface area contributed by atoms with Crippen molar-refractivity contribution in [3.05, 3.63) is 65.2 Å². The molecule has 2 rings (SSSR count). The summed E-state index contributed by atoms with van der Waals surface area (Å²) < 4.78 is 0. The van der Waals surface area contributed by atoms with Crippen molar-refractivity contribution in [2.45, 2.75) is 26.2 Å². The average Bonchev–Trinajstić information content (AvgIpc) is 2.54. The summed E-state index contributed by atoms with van der Waals surface area (Å²) in [5.41, 5.74) is 3.11. The van der Waals surface area contributed by atoms with E-state index in [0.29, 0.717) is 16.8 Å². The van der Waals surface area contributed by atoms with Crippen LogP contribution in [0.2, 0.25) is 0 Å². The molecule has 2 amide bonds. The zero-order valence-corrected chi connectivity index (χ0v) is 14.9. The molecule has 0 heterocycles. The fourth-order valence-corrected chi connectivity index (χ4v) is 2.28. The number of carbonyl (C=O) groups is 2. The molecule has 0 aromatic heterocycles. The zero-order chi connectivity index (χ0) is 17.9. The van der Waals surface area contributed by atoms with Crippen molar-refractivity contribution in [2.24, 2.45) is 0 Å². The standard InChI is InChI=1S/C20H24N2O2/c1-20(2,3)16-10-6-14(7-11-16)18(23)21-17-12-8-15(9-13-17)19(24)22(4)5/h6-13H,1-5H3,(H,21,23). The lowest BCUT2D eigenvalue weighted by molar-refractivity contribution is 0.0827. The van der Waals surface area contributed by atoms with Gasteiger partial charge in [0.25, 0.3) is 11.8 Å². The van der Waals surface area contributed by atoms with Gasteiger partial charge in [0, 0.05) is 30.9 Å². The summed E-state index contributed by atoms with van der Waals surface area (Å²) in [6.45, 7) is 6.41. The van der Waals surface area contributed by atoms with Gasteiger partial charge in [0.05, 0.1) is 0 Å². The van der Waals surface area contributed by atoms with E-state index in [1.807, 2.05) is 24.3 Å². The number of amides is 2. The van der Waals surface area contributed by atoms with Gasteiger partial charge in [0.2, 0.25) is 0 Å². The van der Waals surface area contributed by atoms with Gasteiger partial charge in [0.1, 0.15) is 0 Å². The van der Waals surface area contributed by atoms with Gasteiger partial charge in [-0.05, 0) is 47.4 Å². The number of hydrogen-bond acceptors (Lipinski definition) is 2. The second kappa shape index (κ2) is 6.87. The molecule has 0 bridgehead atoms. The molecule has 0 saturated heterocycles. The molecule has 0 aliphatic heterocycles. The maximum atomic E-state index is 12.3. The van der Waals surface area contributed by atoms with E-state index < -0.39 is 0 Å². The highest BCUT2D eigenvalue weighted by molar-refractivity contribution is 6.04. The number of nitrogens with one attached hydrogen (secondary N) is 1. The average molecular weight is 324 g/mol. The summed E-state index contributed by atoms with van der Waals surface area (Å²) >= 11 is 0. The summed E-state index contributed by atoms with van der Waals surface area (Å²) in [6.07, 6.45) is 0. The van der Waals surface area contributed by atoms with Gasteiger partial charge in [-0.3, -0.25) is 9.59 Å². The normalized spacial score (nSPS) is 11.0. The van der Waals surface area contributed by atoms with Crippen molar-refractivity contribution >= 4 is 17.5 Å². The summed E-state index contributed by atoms with van der Waals surface area (Å²) in [6, 6.07) is 14.5. The molecule has 126 valence electrons. The Balaban J connectivity index is 2.08. The molecule has 0 atom stereocenters. The van der Waals surface area contributed by atoms with E-state index in [4.69, 9.17) is 0 Å². The van der Waals surface area contributed by atoms with Crippen LogP contribution in [0.4, 0.5) is 5.69 Å². The first-order valence-corrected chi connectivity index (χ1v) is 7.92. The van der Waals surface area contributed by atoms with Gasteiger partial charge < -0.3 is 10.2 Å². The highest BCUT2D eigenvalue weighted by atomic mass is 16.2. The smallest absolute Gasteiger partial charge is 0.255 e. The molecule has 4 heteroatoms. The molecule has 0 aliphatic carbocycles. The first-order chi connectivity index (χ1) is 11.2. The molecular formula is C20H24N2O2. The maximum absolute atomic E-state index is 12.3. The van der Waals surface area contributed by atoms with E-state index in [1.54, 1.807) is 38.4 Å². The first kappa shape index (κ1) is 17.7. The zero-order valence-electron chi connectivity index (χ0n) is 14.9. The summed E-state index contributed by atoms with van der Waals surface area (Å²) in [4.78, 5) is 25.7. The van der Waals surface area contributed by atoms with Crippen molar-refractivity contribution in [1.29, 1.82) is 0 Å². The highest BCUT2D eigenvalue weighted by Crippen LogP contribution is 2.22. The summed E-state index contributed by atoms with van der Waals surface area (Å²) in [5.74, 6) is -0.229. The number of rotatable bonds is 3. The number of nitrogens with zero attached hydrogens (tertiary/aromatic N) is 1. The third-order valence-corrected chi connectivity index (χ3v) is 3.81. The minimum atomic E-state index is -0.165. The molecule has 24 heavy (non-hydrogen) atoms. The van der Waals surface area contributed by atoms with Gasteiger partial charge in [0.15, 0.2) is 0 Å². The van der Waals surface area contributed by atoms with Crippen LogP contribution in [-0.2, 0) is 5.41 Å². The molecule has 0 saturated carbocycles. The Bertz CT molecular complexity index is 724. The van der Waals surface area contributed by atoms with Gasteiger partial charge in [-0.1, -0.05) is 32.9 Å². The van der Waals surface area contributed by atoms with E-state index >= 15 is 0 Å². The fourth-order valence-electron chi connectivity index (χ4n) is 2.28. The van der Waals surface area contributed by atoms with Gasteiger partial charge in [-0.25, -0.2) is 0 Å². The molecule has 2 aromatic carbocycles. The monoisotopic (exact) mass is 324 g/mol. The van der Waals surface area contributed by atoms with Crippen LogP contribution in [0.15, 0.2) is 48.5 Å². The van der Waals surface area contributed by atoms with Gasteiger partial charge in [-0.2, -0.15) is 0 Å². The minimum absolute atomic E-state index is 0.0593. The Hall–Kier alpha value is -2.62. The third-order valence-electron chi connectivity index (χ3n) is 3.81. The van der Waals surface area contributed by atoms with Crippen LogP contribution in [0.5, 0.6) is 0 Å². The lowest BCUT2D eigenvalue weighted by atomic mass is 9.87. The molecule has 4 nitrogen and oxygen atoms in total. The quantitative estimate of drug-likeness (QED) is 0.929. The van der Waals surface area contributed by atoms with Gasteiger partial charge >= 0.3 is 0 Å². The van der Waals surface area contributed by atoms with Crippen LogP contribution in [-0.4, -0.2) is 30.8 Å². The Labute approximate surface area is 143 Å². The molecule has 0 fully saturated rings. The lowest BCUT2D eigenvalue weighted by Crippen LogP contribution is -2.21. The second-order valence-corrected chi connectivity index (χ2v) is 7.06. The minimum Gasteiger partial charge on any atom is -0.345 e. The molecule has 2 aromatic rings. The van der Waals surface area contributed by atoms with E-state index in [9.17, 15) is 9.59 Å². The van der Waals surface area contributed by atoms with Crippen LogP contribution < -0.4 is 5.32 Å². The van der Waals surface area contributed by atoms with Crippen molar-refractivity contribution in [3.8, 4) is 0 Å². The Morgan fingerprint density at radius 3 is 1.79 bits per heavy atom. The Kier molecular flexibility index (Phi) is 5.07. The molecule has 1 N–H and O–H groups in total. The van der Waals surface area contributed by atoms with Crippen LogP contribution in [0.1, 0.15) is 47.1 Å². The second-order valence-electron chi connectivity index (χ2n) is 7.06. The van der Waals surface area contributed by atoms with Crippen molar-refractivity contribution in [1.82, 2.24) is 4.90 Å². The molecule has 0 unspecified atom stereocenters. The van der Waals surface area contributed by atoms with Gasteiger partial charge in [-0.15, -0.1) is 0 Å². The third kappa shape index (κ3) is 4.22. The summed E-state index contributed by atoms with van der Waals surface area (Å²) in [7, 11) is 3.42. The summed E-state index contributed by atoms with van der Waals surface area (Å²) in [5, 5.41) is 2.85.